The minimum Gasteiger partial charge on any atom is -0.381 e. The Morgan fingerprint density at radius 2 is 1.92 bits per heavy atom. The lowest BCUT2D eigenvalue weighted by Crippen LogP contribution is -2.16. The number of pyridine rings is 1. The van der Waals surface area contributed by atoms with Gasteiger partial charge in [0.05, 0.1) is 23.0 Å². The number of aromatic nitrogens is 1. The normalized spacial score (nSPS) is 11.4. The second-order valence-electron chi connectivity index (χ2n) is 9.23. The van der Waals surface area contributed by atoms with Gasteiger partial charge in [0.1, 0.15) is 5.82 Å². The lowest BCUT2D eigenvalue weighted by atomic mass is 9.99. The summed E-state index contributed by atoms with van der Waals surface area (Å²) in [6.45, 7) is 11.5. The van der Waals surface area contributed by atoms with Gasteiger partial charge in [-0.2, -0.15) is 5.26 Å². The second kappa shape index (κ2) is 14.5. The molecule has 3 aromatic rings. The van der Waals surface area contributed by atoms with Crippen molar-refractivity contribution in [1.82, 2.24) is 10.3 Å². The Morgan fingerprint density at radius 1 is 1.11 bits per heavy atom. The van der Waals surface area contributed by atoms with Crippen molar-refractivity contribution in [3.63, 3.8) is 0 Å². The van der Waals surface area contributed by atoms with Crippen LogP contribution in [0.1, 0.15) is 42.1 Å². The molecule has 0 aliphatic rings. The molecule has 0 radical (unpaired) electrons. The molecule has 4 nitrogen and oxygen atoms in total. The molecule has 0 bridgehead atoms. The standard InChI is InChI=1S/C33H35FN4/c1-24(19-20-35)9-6-10-25(2)23-37-26(3)30-17-18-33(31-15-5-4-13-28(31)22-36)38-32(30)16-8-12-27-11-7-14-29(34)21-27/h4-7,9-11,13-15,17-18,21,37H,1,3,8,12,16,19-20,23,35H2,2H3/b9-6-,25-10+. The smallest absolute Gasteiger partial charge is 0.123 e. The number of hydrogen-bond acceptors (Lipinski definition) is 4. The van der Waals surface area contributed by atoms with E-state index in [1.54, 1.807) is 18.2 Å². The van der Waals surface area contributed by atoms with E-state index in [9.17, 15) is 9.65 Å². The number of nitrogens with one attached hydrogen (secondary N) is 1. The third-order valence-electron chi connectivity index (χ3n) is 6.15. The number of rotatable bonds is 13. The van der Waals surface area contributed by atoms with Crippen LogP contribution in [0.4, 0.5) is 4.39 Å². The van der Waals surface area contributed by atoms with E-state index in [1.807, 2.05) is 54.6 Å². The average molecular weight is 507 g/mol. The van der Waals surface area contributed by atoms with Crippen LogP contribution in [0.15, 0.2) is 103 Å². The van der Waals surface area contributed by atoms with Gasteiger partial charge in [-0.3, -0.25) is 4.98 Å². The van der Waals surface area contributed by atoms with Gasteiger partial charge in [-0.05, 0) is 75.0 Å². The maximum absolute atomic E-state index is 13.6. The topological polar surface area (TPSA) is 74.7 Å². The molecule has 0 unspecified atom stereocenters. The Morgan fingerprint density at radius 3 is 2.68 bits per heavy atom. The first-order chi connectivity index (χ1) is 18.4. The molecule has 0 saturated carbocycles. The molecule has 0 saturated heterocycles. The summed E-state index contributed by atoms with van der Waals surface area (Å²) in [5.41, 5.74) is 13.4. The van der Waals surface area contributed by atoms with Crippen LogP contribution in [-0.4, -0.2) is 18.1 Å². The quantitative estimate of drug-likeness (QED) is 0.247. The molecule has 2 aromatic carbocycles. The fourth-order valence-electron chi connectivity index (χ4n) is 4.09. The SMILES string of the molecule is C=C(/C=C\C=C(/C)CNC(=C)c1ccc(-c2ccccc2C#N)nc1CCCc1cccc(F)c1)CCN. The first-order valence-corrected chi connectivity index (χ1v) is 12.8. The van der Waals surface area contributed by atoms with Crippen LogP contribution in [0.5, 0.6) is 0 Å². The van der Waals surface area contributed by atoms with Crippen molar-refractivity contribution in [2.75, 3.05) is 13.1 Å². The second-order valence-corrected chi connectivity index (χ2v) is 9.23. The molecule has 0 fully saturated rings. The summed E-state index contributed by atoms with van der Waals surface area (Å²) in [5.74, 6) is -0.226. The number of halogens is 1. The van der Waals surface area contributed by atoms with E-state index in [4.69, 9.17) is 10.7 Å². The van der Waals surface area contributed by atoms with Crippen LogP contribution in [-0.2, 0) is 12.8 Å². The molecular formula is C33H35FN4. The van der Waals surface area contributed by atoms with Crippen molar-refractivity contribution in [3.05, 3.63) is 131 Å². The Hall–Kier alpha value is -4.27. The minimum absolute atomic E-state index is 0.226. The lowest BCUT2D eigenvalue weighted by molar-refractivity contribution is 0.624. The molecule has 3 N–H and O–H groups in total. The van der Waals surface area contributed by atoms with Crippen molar-refractivity contribution in [2.24, 2.45) is 5.73 Å². The fraction of sp³-hybridized carbons (Fsp3) is 0.212. The molecule has 5 heteroatoms. The predicted molar refractivity (Wildman–Crippen MR) is 156 cm³/mol. The average Bonchev–Trinajstić information content (AvgIpc) is 2.92. The molecule has 0 aliphatic heterocycles. The van der Waals surface area contributed by atoms with E-state index >= 15 is 0 Å². The Balaban J connectivity index is 1.79. The van der Waals surface area contributed by atoms with Crippen LogP contribution < -0.4 is 11.1 Å². The Labute approximate surface area is 225 Å². The van der Waals surface area contributed by atoms with Gasteiger partial charge in [-0.1, -0.05) is 72.9 Å². The molecule has 0 atom stereocenters. The van der Waals surface area contributed by atoms with Gasteiger partial charge in [0, 0.05) is 23.4 Å². The summed E-state index contributed by atoms with van der Waals surface area (Å²) in [4.78, 5) is 4.96. The first kappa shape index (κ1) is 28.3. The highest BCUT2D eigenvalue weighted by Crippen LogP contribution is 2.26. The van der Waals surface area contributed by atoms with E-state index in [2.05, 4.69) is 31.5 Å². The molecule has 1 heterocycles. The van der Waals surface area contributed by atoms with Crippen LogP contribution in [0.25, 0.3) is 17.0 Å². The maximum Gasteiger partial charge on any atom is 0.123 e. The monoisotopic (exact) mass is 506 g/mol. The lowest BCUT2D eigenvalue weighted by Gasteiger charge is -2.16. The van der Waals surface area contributed by atoms with Gasteiger partial charge >= 0.3 is 0 Å². The van der Waals surface area contributed by atoms with E-state index < -0.39 is 0 Å². The van der Waals surface area contributed by atoms with Crippen molar-refractivity contribution in [3.8, 4) is 17.3 Å². The summed E-state index contributed by atoms with van der Waals surface area (Å²) in [7, 11) is 0. The molecule has 0 spiro atoms. The van der Waals surface area contributed by atoms with Crippen molar-refractivity contribution in [1.29, 1.82) is 5.26 Å². The van der Waals surface area contributed by atoms with E-state index in [-0.39, 0.29) is 5.82 Å². The third-order valence-corrected chi connectivity index (χ3v) is 6.15. The highest BCUT2D eigenvalue weighted by Gasteiger charge is 2.13. The maximum atomic E-state index is 13.6. The van der Waals surface area contributed by atoms with Gasteiger partial charge < -0.3 is 11.1 Å². The van der Waals surface area contributed by atoms with Crippen molar-refractivity contribution in [2.45, 2.75) is 32.6 Å². The minimum atomic E-state index is -0.226. The third kappa shape index (κ3) is 8.40. The number of benzene rings is 2. The molecule has 1 aromatic heterocycles. The fourth-order valence-corrected chi connectivity index (χ4v) is 4.09. The highest BCUT2D eigenvalue weighted by atomic mass is 19.1. The van der Waals surface area contributed by atoms with Crippen molar-refractivity contribution >= 4 is 5.70 Å². The summed E-state index contributed by atoms with van der Waals surface area (Å²) >= 11 is 0. The van der Waals surface area contributed by atoms with Crippen LogP contribution >= 0.6 is 0 Å². The molecular weight excluding hydrogens is 471 g/mol. The Bertz CT molecular complexity index is 1380. The van der Waals surface area contributed by atoms with Crippen molar-refractivity contribution < 1.29 is 4.39 Å². The van der Waals surface area contributed by atoms with Gasteiger partial charge in [0.2, 0.25) is 0 Å². The van der Waals surface area contributed by atoms with E-state index in [0.29, 0.717) is 25.1 Å². The number of nitrogens with zero attached hydrogens (tertiary/aromatic N) is 2. The number of hydrogen-bond donors (Lipinski definition) is 2. The van der Waals surface area contributed by atoms with Crippen LogP contribution in [0, 0.1) is 17.1 Å². The van der Waals surface area contributed by atoms with Gasteiger partial charge in [-0.15, -0.1) is 0 Å². The zero-order valence-electron chi connectivity index (χ0n) is 22.0. The number of nitrogens with two attached hydrogens (primary N) is 1. The summed E-state index contributed by atoms with van der Waals surface area (Å²) in [5, 5.41) is 13.0. The number of aryl methyl sites for hydroxylation is 2. The van der Waals surface area contributed by atoms with E-state index in [1.165, 1.54) is 6.07 Å². The predicted octanol–water partition coefficient (Wildman–Crippen LogP) is 6.90. The highest BCUT2D eigenvalue weighted by molar-refractivity contribution is 5.71. The van der Waals surface area contributed by atoms with Crippen LogP contribution in [0.2, 0.25) is 0 Å². The molecule has 3 rings (SSSR count). The molecule has 0 aliphatic carbocycles. The van der Waals surface area contributed by atoms with Crippen LogP contribution in [0.3, 0.4) is 0 Å². The van der Waals surface area contributed by atoms with E-state index in [0.717, 1.165) is 64.2 Å². The zero-order valence-corrected chi connectivity index (χ0v) is 22.0. The number of nitriles is 1. The van der Waals surface area contributed by atoms with Gasteiger partial charge in [0.15, 0.2) is 0 Å². The largest absolute Gasteiger partial charge is 0.381 e. The number of allylic oxidation sites excluding steroid dienone is 3. The van der Waals surface area contributed by atoms with Gasteiger partial charge in [0.25, 0.3) is 0 Å². The molecule has 194 valence electrons. The molecule has 38 heavy (non-hydrogen) atoms. The summed E-state index contributed by atoms with van der Waals surface area (Å²) in [6, 6.07) is 20.4. The molecule has 0 amide bonds. The summed E-state index contributed by atoms with van der Waals surface area (Å²) < 4.78 is 13.6. The van der Waals surface area contributed by atoms with Gasteiger partial charge in [-0.25, -0.2) is 4.39 Å². The first-order valence-electron chi connectivity index (χ1n) is 12.8. The zero-order chi connectivity index (χ0) is 27.3. The Kier molecular flexibility index (Phi) is 10.8. The summed E-state index contributed by atoms with van der Waals surface area (Å²) in [6.07, 6.45) is 9.01.